The van der Waals surface area contributed by atoms with Gasteiger partial charge in [-0.3, -0.25) is 14.3 Å². The van der Waals surface area contributed by atoms with Gasteiger partial charge in [0.25, 0.3) is 11.5 Å². The number of carbonyl (C=O) groups is 1. The number of aryl methyl sites for hydroxylation is 1. The zero-order chi connectivity index (χ0) is 18.4. The number of fused-ring (bicyclic) bond motifs is 2. The molecule has 1 N–H and O–H groups in total. The Bertz CT molecular complexity index is 1250. The first kappa shape index (κ1) is 15.9. The van der Waals surface area contributed by atoms with Crippen molar-refractivity contribution in [1.82, 2.24) is 24.4 Å². The number of H-pyrrole nitrogens is 1. The van der Waals surface area contributed by atoms with Crippen molar-refractivity contribution in [3.05, 3.63) is 52.6 Å². The van der Waals surface area contributed by atoms with Crippen molar-refractivity contribution in [3.8, 4) is 11.3 Å². The molecule has 0 radical (unpaired) electrons. The predicted molar refractivity (Wildman–Crippen MR) is 98.6 cm³/mol. The molecule has 0 aliphatic carbocycles. The minimum absolute atomic E-state index is 0.257. The van der Waals surface area contributed by atoms with Crippen LogP contribution >= 0.6 is 0 Å². The Morgan fingerprint density at radius 3 is 2.73 bits per heavy atom. The van der Waals surface area contributed by atoms with Crippen molar-refractivity contribution < 1.29 is 4.79 Å². The van der Waals surface area contributed by atoms with E-state index < -0.39 is 5.91 Å². The van der Waals surface area contributed by atoms with E-state index in [0.29, 0.717) is 17.1 Å². The van der Waals surface area contributed by atoms with Crippen LogP contribution in [-0.2, 0) is 7.05 Å². The zero-order valence-corrected chi connectivity index (χ0v) is 14.5. The van der Waals surface area contributed by atoms with Gasteiger partial charge in [0.2, 0.25) is 0 Å². The third-order valence-electron chi connectivity index (χ3n) is 4.11. The quantitative estimate of drug-likeness (QED) is 0.562. The van der Waals surface area contributed by atoms with Crippen LogP contribution in [0, 0.1) is 0 Å². The maximum Gasteiger partial charge on any atom is 0.282 e. The van der Waals surface area contributed by atoms with E-state index in [0.717, 1.165) is 16.5 Å². The van der Waals surface area contributed by atoms with Crippen molar-refractivity contribution in [2.45, 2.75) is 13.8 Å². The summed E-state index contributed by atoms with van der Waals surface area (Å²) in [5.74, 6) is -0.435. The molecule has 26 heavy (non-hydrogen) atoms. The van der Waals surface area contributed by atoms with Crippen LogP contribution in [-0.4, -0.2) is 36.0 Å². The van der Waals surface area contributed by atoms with Crippen molar-refractivity contribution >= 4 is 28.2 Å². The minimum Gasteiger partial charge on any atom is -0.339 e. The number of aliphatic imine (C=N–C) groups is 1. The maximum atomic E-state index is 12.4. The second-order valence-corrected chi connectivity index (χ2v) is 6.25. The van der Waals surface area contributed by atoms with Crippen LogP contribution in [0.15, 0.2) is 46.4 Å². The first-order valence-electron chi connectivity index (χ1n) is 8.03. The Morgan fingerprint density at radius 2 is 1.96 bits per heavy atom. The molecule has 4 aromatic rings. The average molecular weight is 348 g/mol. The molecule has 1 amide bonds. The molecule has 0 bridgehead atoms. The SMILES string of the molecule is CC(C)=NC(=O)c1cnn2c(=O)cc(-c3ccc4c(cnn4C)c3)[nH]c12. The second-order valence-electron chi connectivity index (χ2n) is 6.25. The summed E-state index contributed by atoms with van der Waals surface area (Å²) in [5.41, 5.74) is 3.30. The molecule has 8 nitrogen and oxygen atoms in total. The molecule has 8 heteroatoms. The van der Waals surface area contributed by atoms with Gasteiger partial charge in [0.1, 0.15) is 5.56 Å². The van der Waals surface area contributed by atoms with Crippen LogP contribution in [0.5, 0.6) is 0 Å². The van der Waals surface area contributed by atoms with Gasteiger partial charge in [-0.1, -0.05) is 6.07 Å². The van der Waals surface area contributed by atoms with Crippen molar-refractivity contribution in [1.29, 1.82) is 0 Å². The molecular formula is C18H16N6O2. The van der Waals surface area contributed by atoms with Gasteiger partial charge < -0.3 is 4.98 Å². The maximum absolute atomic E-state index is 12.4. The highest BCUT2D eigenvalue weighted by Gasteiger charge is 2.15. The highest BCUT2D eigenvalue weighted by molar-refractivity contribution is 6.06. The Morgan fingerprint density at radius 1 is 1.15 bits per heavy atom. The lowest BCUT2D eigenvalue weighted by Gasteiger charge is -2.04. The van der Waals surface area contributed by atoms with Gasteiger partial charge in [0, 0.05) is 24.2 Å². The lowest BCUT2D eigenvalue weighted by atomic mass is 10.1. The normalized spacial score (nSPS) is 11.2. The monoisotopic (exact) mass is 348 g/mol. The highest BCUT2D eigenvalue weighted by atomic mass is 16.1. The predicted octanol–water partition coefficient (Wildman–Crippen LogP) is 2.20. The Labute approximate surface area is 147 Å². The smallest absolute Gasteiger partial charge is 0.282 e. The average Bonchev–Trinajstić information content (AvgIpc) is 3.18. The molecule has 1 aromatic carbocycles. The standard InChI is InChI=1S/C18H16N6O2/c1-10(2)21-18(26)13-9-20-24-16(25)7-14(22-17(13)24)11-4-5-15-12(6-11)8-19-23(15)3/h4-9,22H,1-3H3. The number of benzene rings is 1. The summed E-state index contributed by atoms with van der Waals surface area (Å²) in [7, 11) is 1.87. The lowest BCUT2D eigenvalue weighted by Crippen LogP contribution is -2.15. The van der Waals surface area contributed by atoms with E-state index in [9.17, 15) is 9.59 Å². The molecule has 130 valence electrons. The number of hydrogen-bond acceptors (Lipinski definition) is 4. The summed E-state index contributed by atoms with van der Waals surface area (Å²) in [6.45, 7) is 3.47. The second kappa shape index (κ2) is 5.76. The van der Waals surface area contributed by atoms with Crippen molar-refractivity contribution in [3.63, 3.8) is 0 Å². The van der Waals surface area contributed by atoms with Crippen LogP contribution in [0.1, 0.15) is 24.2 Å². The van der Waals surface area contributed by atoms with Crippen molar-refractivity contribution in [2.75, 3.05) is 0 Å². The lowest BCUT2D eigenvalue weighted by molar-refractivity contribution is 0.100. The molecular weight excluding hydrogens is 332 g/mol. The summed E-state index contributed by atoms with van der Waals surface area (Å²) in [5, 5.41) is 9.19. The fraction of sp³-hybridized carbons (Fsp3) is 0.167. The third-order valence-corrected chi connectivity index (χ3v) is 4.11. The highest BCUT2D eigenvalue weighted by Crippen LogP contribution is 2.23. The van der Waals surface area contributed by atoms with E-state index in [2.05, 4.69) is 20.2 Å². The number of carbonyl (C=O) groups excluding carboxylic acids is 1. The van der Waals surface area contributed by atoms with Crippen LogP contribution in [0.25, 0.3) is 27.8 Å². The molecule has 0 saturated heterocycles. The number of aromatic amines is 1. The first-order valence-corrected chi connectivity index (χ1v) is 8.03. The summed E-state index contributed by atoms with van der Waals surface area (Å²) in [6, 6.07) is 7.24. The zero-order valence-electron chi connectivity index (χ0n) is 14.5. The number of nitrogens with one attached hydrogen (secondary N) is 1. The number of aromatic nitrogens is 5. The molecule has 0 spiro atoms. The van der Waals surface area contributed by atoms with Gasteiger partial charge in [-0.05, 0) is 31.5 Å². The van der Waals surface area contributed by atoms with Gasteiger partial charge in [-0.15, -0.1) is 0 Å². The van der Waals surface area contributed by atoms with Crippen molar-refractivity contribution in [2.24, 2.45) is 12.0 Å². The van der Waals surface area contributed by atoms with E-state index in [1.165, 1.54) is 16.8 Å². The van der Waals surface area contributed by atoms with E-state index in [-0.39, 0.29) is 11.1 Å². The van der Waals surface area contributed by atoms with E-state index >= 15 is 0 Å². The Kier molecular flexibility index (Phi) is 3.54. The van der Waals surface area contributed by atoms with Crippen LogP contribution in [0.3, 0.4) is 0 Å². The molecule has 3 heterocycles. The number of rotatable bonds is 2. The van der Waals surface area contributed by atoms with Crippen LogP contribution in [0.2, 0.25) is 0 Å². The van der Waals surface area contributed by atoms with Gasteiger partial charge in [0.05, 0.1) is 23.6 Å². The van der Waals surface area contributed by atoms with Gasteiger partial charge in [0.15, 0.2) is 5.65 Å². The van der Waals surface area contributed by atoms with E-state index in [4.69, 9.17) is 0 Å². The molecule has 4 rings (SSSR count). The molecule has 0 aliphatic heterocycles. The van der Waals surface area contributed by atoms with Crippen LogP contribution < -0.4 is 5.56 Å². The molecule has 0 fully saturated rings. The van der Waals surface area contributed by atoms with Gasteiger partial charge in [-0.2, -0.15) is 14.7 Å². The molecule has 0 aliphatic rings. The molecule has 0 atom stereocenters. The first-order chi connectivity index (χ1) is 12.4. The van der Waals surface area contributed by atoms with E-state index in [1.54, 1.807) is 24.7 Å². The van der Waals surface area contributed by atoms with Gasteiger partial charge in [-0.25, -0.2) is 4.99 Å². The summed E-state index contributed by atoms with van der Waals surface area (Å²) in [6.07, 6.45) is 3.12. The summed E-state index contributed by atoms with van der Waals surface area (Å²) in [4.78, 5) is 31.8. The van der Waals surface area contributed by atoms with E-state index in [1.807, 2.05) is 25.2 Å². The minimum atomic E-state index is -0.435. The number of nitrogens with zero attached hydrogens (tertiary/aromatic N) is 5. The Hall–Kier alpha value is -3.55. The topological polar surface area (TPSA) is 97.4 Å². The number of hydrogen-bond donors (Lipinski definition) is 1. The largest absolute Gasteiger partial charge is 0.339 e. The molecule has 3 aromatic heterocycles. The fourth-order valence-electron chi connectivity index (χ4n) is 2.89. The molecule has 0 saturated carbocycles. The number of amides is 1. The van der Waals surface area contributed by atoms with Crippen LogP contribution in [0.4, 0.5) is 0 Å². The fourth-order valence-corrected chi connectivity index (χ4v) is 2.89. The summed E-state index contributed by atoms with van der Waals surface area (Å²) >= 11 is 0. The van der Waals surface area contributed by atoms with Gasteiger partial charge >= 0.3 is 0 Å². The summed E-state index contributed by atoms with van der Waals surface area (Å²) < 4.78 is 2.95. The Balaban J connectivity index is 1.91. The molecule has 0 unspecified atom stereocenters. The third kappa shape index (κ3) is 2.52.